The maximum Gasteiger partial charge on any atom is 0.309 e. The molecule has 2 amide bonds. The SMILES string of the molecule is CN(C)c1ccc(C(CNC(=O)C(=O)NC(C)(C)C)N(C)C)cc1. The van der Waals surface area contributed by atoms with Crippen LogP contribution in [0.25, 0.3) is 0 Å². The Balaban J connectivity index is 2.73. The van der Waals surface area contributed by atoms with Crippen LogP contribution >= 0.6 is 0 Å². The van der Waals surface area contributed by atoms with E-state index in [1.165, 1.54) is 0 Å². The molecule has 6 nitrogen and oxygen atoms in total. The van der Waals surface area contributed by atoms with Crippen molar-refractivity contribution in [3.8, 4) is 0 Å². The van der Waals surface area contributed by atoms with Gasteiger partial charge in [-0.15, -0.1) is 0 Å². The van der Waals surface area contributed by atoms with E-state index in [4.69, 9.17) is 0 Å². The number of benzene rings is 1. The van der Waals surface area contributed by atoms with Crippen LogP contribution in [0.1, 0.15) is 32.4 Å². The fourth-order valence-electron chi connectivity index (χ4n) is 2.26. The standard InChI is InChI=1S/C18H30N4O2/c1-18(2,3)20-17(24)16(23)19-12-15(22(6)7)13-8-10-14(11-9-13)21(4)5/h8-11,15H,12H2,1-7H3,(H,19,23)(H,20,24). The van der Waals surface area contributed by atoms with Crippen molar-refractivity contribution < 1.29 is 9.59 Å². The quantitative estimate of drug-likeness (QED) is 0.799. The van der Waals surface area contributed by atoms with Crippen LogP contribution in [0.2, 0.25) is 0 Å². The van der Waals surface area contributed by atoms with E-state index in [1.807, 2.05) is 83.0 Å². The normalized spacial score (nSPS) is 12.7. The monoisotopic (exact) mass is 334 g/mol. The Hall–Kier alpha value is -2.08. The van der Waals surface area contributed by atoms with Crippen LogP contribution < -0.4 is 15.5 Å². The van der Waals surface area contributed by atoms with Crippen LogP contribution in [0.5, 0.6) is 0 Å². The zero-order valence-electron chi connectivity index (χ0n) is 15.8. The van der Waals surface area contributed by atoms with Gasteiger partial charge in [0.15, 0.2) is 0 Å². The molecule has 0 aliphatic heterocycles. The topological polar surface area (TPSA) is 64.7 Å². The van der Waals surface area contributed by atoms with Gasteiger partial charge in [-0.1, -0.05) is 12.1 Å². The van der Waals surface area contributed by atoms with E-state index in [2.05, 4.69) is 10.6 Å². The van der Waals surface area contributed by atoms with Crippen LogP contribution in [0.4, 0.5) is 5.69 Å². The van der Waals surface area contributed by atoms with Gasteiger partial charge in [-0.25, -0.2) is 0 Å². The summed E-state index contributed by atoms with van der Waals surface area (Å²) in [6.07, 6.45) is 0. The third kappa shape index (κ3) is 6.20. The van der Waals surface area contributed by atoms with Crippen molar-refractivity contribution >= 4 is 17.5 Å². The average molecular weight is 334 g/mol. The first kappa shape index (κ1) is 20.0. The number of nitrogens with one attached hydrogen (secondary N) is 2. The summed E-state index contributed by atoms with van der Waals surface area (Å²) in [6.45, 7) is 5.89. The van der Waals surface area contributed by atoms with Crippen molar-refractivity contribution in [2.75, 3.05) is 39.6 Å². The molecule has 0 spiro atoms. The zero-order valence-corrected chi connectivity index (χ0v) is 15.8. The molecule has 1 aromatic rings. The number of carbonyl (C=O) groups is 2. The van der Waals surface area contributed by atoms with Gasteiger partial charge in [0, 0.05) is 31.9 Å². The Morgan fingerprint density at radius 1 is 1.00 bits per heavy atom. The van der Waals surface area contributed by atoms with E-state index in [0.29, 0.717) is 6.54 Å². The lowest BCUT2D eigenvalue weighted by molar-refractivity contribution is -0.140. The molecule has 0 aliphatic carbocycles. The molecule has 0 radical (unpaired) electrons. The molecule has 1 rings (SSSR count). The number of nitrogens with zero attached hydrogens (tertiary/aromatic N) is 2. The summed E-state index contributed by atoms with van der Waals surface area (Å²) in [7, 11) is 7.89. The first-order valence-electron chi connectivity index (χ1n) is 8.05. The fraction of sp³-hybridized carbons (Fsp3) is 0.556. The van der Waals surface area contributed by atoms with Gasteiger partial charge in [-0.3, -0.25) is 9.59 Å². The largest absolute Gasteiger partial charge is 0.378 e. The molecule has 0 saturated heterocycles. The molecule has 134 valence electrons. The van der Waals surface area contributed by atoms with Gasteiger partial charge in [0.2, 0.25) is 0 Å². The number of hydrogen-bond acceptors (Lipinski definition) is 4. The lowest BCUT2D eigenvalue weighted by atomic mass is 10.1. The maximum atomic E-state index is 12.0. The minimum absolute atomic E-state index is 0.00685. The van der Waals surface area contributed by atoms with E-state index >= 15 is 0 Å². The second-order valence-electron chi connectivity index (χ2n) is 7.38. The summed E-state index contributed by atoms with van der Waals surface area (Å²) in [5.41, 5.74) is 1.77. The molecule has 0 saturated carbocycles. The van der Waals surface area contributed by atoms with Crippen LogP contribution in [-0.2, 0) is 9.59 Å². The summed E-state index contributed by atoms with van der Waals surface area (Å²) < 4.78 is 0. The highest BCUT2D eigenvalue weighted by Crippen LogP contribution is 2.20. The van der Waals surface area contributed by atoms with Gasteiger partial charge < -0.3 is 20.4 Å². The van der Waals surface area contributed by atoms with E-state index in [0.717, 1.165) is 11.3 Å². The van der Waals surface area contributed by atoms with E-state index in [1.54, 1.807) is 0 Å². The second-order valence-corrected chi connectivity index (χ2v) is 7.38. The van der Waals surface area contributed by atoms with Crippen LogP contribution in [0.3, 0.4) is 0 Å². The van der Waals surface area contributed by atoms with Crippen molar-refractivity contribution in [1.82, 2.24) is 15.5 Å². The molecule has 1 aromatic carbocycles. The van der Waals surface area contributed by atoms with Gasteiger partial charge in [-0.05, 0) is 52.6 Å². The van der Waals surface area contributed by atoms with E-state index < -0.39 is 17.4 Å². The molecule has 1 unspecified atom stereocenters. The summed E-state index contributed by atoms with van der Waals surface area (Å²) in [5.74, 6) is -1.22. The number of carbonyl (C=O) groups excluding carboxylic acids is 2. The van der Waals surface area contributed by atoms with Crippen LogP contribution in [0.15, 0.2) is 24.3 Å². The third-order valence-corrected chi connectivity index (χ3v) is 3.57. The Morgan fingerprint density at radius 3 is 1.96 bits per heavy atom. The van der Waals surface area contributed by atoms with E-state index in [-0.39, 0.29) is 6.04 Å². The number of likely N-dealkylation sites (N-methyl/N-ethyl adjacent to an activating group) is 1. The molecule has 0 heterocycles. The predicted molar refractivity (Wildman–Crippen MR) is 98.1 cm³/mol. The van der Waals surface area contributed by atoms with Crippen LogP contribution in [-0.4, -0.2) is 57.0 Å². The molecule has 0 bridgehead atoms. The average Bonchev–Trinajstić information content (AvgIpc) is 2.45. The third-order valence-electron chi connectivity index (χ3n) is 3.57. The number of hydrogen-bond donors (Lipinski definition) is 2. The zero-order chi connectivity index (χ0) is 18.5. The fourth-order valence-corrected chi connectivity index (χ4v) is 2.26. The minimum Gasteiger partial charge on any atom is -0.378 e. The van der Waals surface area contributed by atoms with Crippen molar-refractivity contribution in [2.24, 2.45) is 0 Å². The lowest BCUT2D eigenvalue weighted by Gasteiger charge is -2.26. The summed E-state index contributed by atoms with van der Waals surface area (Å²) in [4.78, 5) is 27.9. The minimum atomic E-state index is -0.610. The van der Waals surface area contributed by atoms with Gasteiger partial charge in [0.1, 0.15) is 0 Å². The molecule has 6 heteroatoms. The summed E-state index contributed by atoms with van der Waals surface area (Å²) >= 11 is 0. The molecule has 1 atom stereocenters. The Morgan fingerprint density at radius 2 is 1.54 bits per heavy atom. The number of rotatable bonds is 5. The highest BCUT2D eigenvalue weighted by atomic mass is 16.2. The molecular formula is C18H30N4O2. The number of anilines is 1. The van der Waals surface area contributed by atoms with Gasteiger partial charge in [0.05, 0.1) is 6.04 Å². The van der Waals surface area contributed by atoms with E-state index in [9.17, 15) is 9.59 Å². The van der Waals surface area contributed by atoms with Crippen molar-refractivity contribution in [3.63, 3.8) is 0 Å². The van der Waals surface area contributed by atoms with Gasteiger partial charge in [0.25, 0.3) is 0 Å². The molecule has 0 aromatic heterocycles. The highest BCUT2D eigenvalue weighted by Gasteiger charge is 2.22. The van der Waals surface area contributed by atoms with Crippen molar-refractivity contribution in [2.45, 2.75) is 32.4 Å². The first-order chi connectivity index (χ1) is 11.0. The molecule has 24 heavy (non-hydrogen) atoms. The van der Waals surface area contributed by atoms with Gasteiger partial charge in [-0.2, -0.15) is 0 Å². The molecule has 2 N–H and O–H groups in total. The molecule has 0 aliphatic rings. The summed E-state index contributed by atoms with van der Waals surface area (Å²) in [6, 6.07) is 8.16. The number of amides is 2. The molecule has 0 fully saturated rings. The first-order valence-corrected chi connectivity index (χ1v) is 8.05. The maximum absolute atomic E-state index is 12.0. The van der Waals surface area contributed by atoms with Crippen molar-refractivity contribution in [3.05, 3.63) is 29.8 Å². The Bertz CT molecular complexity index is 559. The van der Waals surface area contributed by atoms with Crippen LogP contribution in [0, 0.1) is 0 Å². The summed E-state index contributed by atoms with van der Waals surface area (Å²) in [5, 5.41) is 5.38. The van der Waals surface area contributed by atoms with Gasteiger partial charge >= 0.3 is 11.8 Å². The lowest BCUT2D eigenvalue weighted by Crippen LogP contribution is -2.49. The Labute approximate surface area is 145 Å². The second kappa shape index (κ2) is 8.15. The Kier molecular flexibility index (Phi) is 6.78. The predicted octanol–water partition coefficient (Wildman–Crippen LogP) is 1.39. The molecular weight excluding hydrogens is 304 g/mol. The van der Waals surface area contributed by atoms with Crippen molar-refractivity contribution in [1.29, 1.82) is 0 Å². The smallest absolute Gasteiger partial charge is 0.309 e. The highest BCUT2D eigenvalue weighted by molar-refractivity contribution is 6.35.